The number of carbonyl (C=O) groups is 3. The first-order valence-electron chi connectivity index (χ1n) is 11.9. The maximum atomic E-state index is 13.4. The molecule has 1 aliphatic heterocycles. The van der Waals surface area contributed by atoms with E-state index < -0.39 is 27.1 Å². The predicted octanol–water partition coefficient (Wildman–Crippen LogP) is 6.60. The molecule has 14 heteroatoms. The highest BCUT2D eigenvalue weighted by molar-refractivity contribution is 9.10. The van der Waals surface area contributed by atoms with Crippen LogP contribution in [0.3, 0.4) is 0 Å². The fraction of sp³-hybridized carbons (Fsp3) is 0.148. The first-order chi connectivity index (χ1) is 19.4. The third-order valence-corrected chi connectivity index (χ3v) is 8.59. The summed E-state index contributed by atoms with van der Waals surface area (Å²) < 4.78 is 50.6. The van der Waals surface area contributed by atoms with Crippen LogP contribution in [-0.2, 0) is 26.3 Å². The summed E-state index contributed by atoms with van der Waals surface area (Å²) in [4.78, 5) is 37.8. The quantitative estimate of drug-likeness (QED) is 0.198. The third kappa shape index (κ3) is 7.28. The summed E-state index contributed by atoms with van der Waals surface area (Å²) >= 11 is 10.1. The number of benzene rings is 3. The van der Waals surface area contributed by atoms with E-state index in [9.17, 15) is 27.2 Å². The first-order valence-corrected chi connectivity index (χ1v) is 15.2. The normalized spacial score (nSPS) is 14.5. The highest BCUT2D eigenvalue weighted by atomic mass is 79.9. The summed E-state index contributed by atoms with van der Waals surface area (Å²) in [5.41, 5.74) is 1.25. The number of amides is 3. The van der Waals surface area contributed by atoms with Gasteiger partial charge in [-0.25, -0.2) is 4.39 Å². The smallest absolute Gasteiger partial charge is 0.339 e. The van der Waals surface area contributed by atoms with Crippen molar-refractivity contribution in [3.8, 4) is 11.5 Å². The monoisotopic (exact) mass is 682 g/mol. The zero-order valence-corrected chi connectivity index (χ0v) is 25.4. The summed E-state index contributed by atoms with van der Waals surface area (Å²) in [5.74, 6) is -1.45. The second-order valence-corrected chi connectivity index (χ2v) is 12.3. The predicted molar refractivity (Wildman–Crippen MR) is 157 cm³/mol. The van der Waals surface area contributed by atoms with Gasteiger partial charge in [0.15, 0.2) is 11.5 Å². The Morgan fingerprint density at radius 2 is 1.85 bits per heavy atom. The Morgan fingerprint density at radius 3 is 2.49 bits per heavy atom. The van der Waals surface area contributed by atoms with Gasteiger partial charge in [-0.3, -0.25) is 19.3 Å². The summed E-state index contributed by atoms with van der Waals surface area (Å²) in [5, 5.41) is 2.12. The van der Waals surface area contributed by atoms with E-state index in [1.54, 1.807) is 6.92 Å². The Kier molecular flexibility index (Phi) is 9.42. The Balaban J connectivity index is 1.59. The van der Waals surface area contributed by atoms with Crippen LogP contribution < -0.4 is 14.2 Å². The van der Waals surface area contributed by atoms with Crippen molar-refractivity contribution in [3.63, 3.8) is 0 Å². The molecule has 1 aliphatic rings. The maximum absolute atomic E-state index is 13.4. The van der Waals surface area contributed by atoms with E-state index in [1.807, 2.05) is 0 Å². The van der Waals surface area contributed by atoms with Crippen LogP contribution in [0.25, 0.3) is 6.08 Å². The lowest BCUT2D eigenvalue weighted by molar-refractivity contribution is -0.123. The molecular formula is C27H21BrClFN2O7S2. The molecule has 1 fully saturated rings. The van der Waals surface area contributed by atoms with Gasteiger partial charge >= 0.3 is 10.1 Å². The van der Waals surface area contributed by atoms with Gasteiger partial charge in [0.25, 0.3) is 11.1 Å². The number of rotatable bonds is 9. The lowest BCUT2D eigenvalue weighted by Crippen LogP contribution is -2.27. The molecule has 0 bridgehead atoms. The number of carbonyl (C=O) groups excluding carboxylic acids is 3. The van der Waals surface area contributed by atoms with E-state index in [2.05, 4.69) is 21.2 Å². The summed E-state index contributed by atoms with van der Waals surface area (Å²) in [6.45, 7) is 3.07. The van der Waals surface area contributed by atoms with Crippen molar-refractivity contribution in [1.82, 2.24) is 4.90 Å². The second kappa shape index (κ2) is 12.6. The van der Waals surface area contributed by atoms with E-state index in [1.165, 1.54) is 61.5 Å². The molecule has 0 saturated carbocycles. The van der Waals surface area contributed by atoms with E-state index in [-0.39, 0.29) is 49.9 Å². The van der Waals surface area contributed by atoms with Gasteiger partial charge in [-0.2, -0.15) is 8.42 Å². The number of thioether (sulfide) groups is 1. The van der Waals surface area contributed by atoms with Crippen LogP contribution in [0.4, 0.5) is 14.9 Å². The van der Waals surface area contributed by atoms with Crippen LogP contribution in [0.2, 0.25) is 5.02 Å². The van der Waals surface area contributed by atoms with E-state index in [0.29, 0.717) is 16.8 Å². The molecular weight excluding hydrogens is 663 g/mol. The standard InChI is InChI=1S/C27H21BrClFN2O7S2/c1-3-38-23-11-16(12-24-26(34)32(27(35)40-24)14-17-4-5-18(30)13-22(17)29)10-21(28)25(23)39-41(36,37)20-8-6-19(7-9-20)31-15(2)33/h4-13H,3,14H2,1-2H3,(H,31,33)/b24-12-. The van der Waals surface area contributed by atoms with Crippen molar-refractivity contribution < 1.29 is 36.1 Å². The molecule has 3 aromatic carbocycles. The van der Waals surface area contributed by atoms with E-state index in [0.717, 1.165) is 22.7 Å². The van der Waals surface area contributed by atoms with Crippen LogP contribution in [0.15, 0.2) is 68.9 Å². The molecule has 4 rings (SSSR count). The van der Waals surface area contributed by atoms with E-state index >= 15 is 0 Å². The van der Waals surface area contributed by atoms with Crippen molar-refractivity contribution in [2.75, 3.05) is 11.9 Å². The Labute approximate surface area is 252 Å². The molecule has 1 saturated heterocycles. The maximum Gasteiger partial charge on any atom is 0.339 e. The molecule has 0 spiro atoms. The Morgan fingerprint density at radius 1 is 1.15 bits per heavy atom. The fourth-order valence-electron chi connectivity index (χ4n) is 3.69. The third-order valence-electron chi connectivity index (χ3n) is 5.50. The minimum atomic E-state index is -4.30. The molecule has 0 atom stereocenters. The minimum absolute atomic E-state index is 0.0730. The number of hydrogen-bond acceptors (Lipinski definition) is 8. The van der Waals surface area contributed by atoms with E-state index in [4.69, 9.17) is 20.5 Å². The highest BCUT2D eigenvalue weighted by Gasteiger charge is 2.35. The number of imide groups is 1. The van der Waals surface area contributed by atoms with Gasteiger partial charge in [0.2, 0.25) is 5.91 Å². The van der Waals surface area contributed by atoms with Gasteiger partial charge in [-0.1, -0.05) is 17.7 Å². The summed E-state index contributed by atoms with van der Waals surface area (Å²) in [6, 6.07) is 12.1. The van der Waals surface area contributed by atoms with Crippen molar-refractivity contribution in [2.24, 2.45) is 0 Å². The molecule has 1 N–H and O–H groups in total. The number of anilines is 1. The summed E-state index contributed by atoms with van der Waals surface area (Å²) in [7, 11) is -4.30. The number of hydrogen-bond donors (Lipinski definition) is 1. The van der Waals surface area contributed by atoms with Crippen LogP contribution >= 0.6 is 39.3 Å². The van der Waals surface area contributed by atoms with Crippen LogP contribution in [0.1, 0.15) is 25.0 Å². The van der Waals surface area contributed by atoms with Gasteiger partial charge in [-0.15, -0.1) is 0 Å². The Bertz CT molecular complexity index is 1680. The molecule has 1 heterocycles. The second-order valence-electron chi connectivity index (χ2n) is 8.51. The van der Waals surface area contributed by atoms with Gasteiger partial charge < -0.3 is 14.2 Å². The molecule has 3 aromatic rings. The van der Waals surface area contributed by atoms with Gasteiger partial charge in [0.1, 0.15) is 10.7 Å². The topological polar surface area (TPSA) is 119 Å². The molecule has 0 radical (unpaired) electrons. The first kappa shape index (κ1) is 30.6. The van der Waals surface area contributed by atoms with Crippen LogP contribution in [0.5, 0.6) is 11.5 Å². The molecule has 0 unspecified atom stereocenters. The number of halogens is 3. The highest BCUT2D eigenvalue weighted by Crippen LogP contribution is 2.41. The Hall–Kier alpha value is -3.39. The van der Waals surface area contributed by atoms with Crippen molar-refractivity contribution in [1.29, 1.82) is 0 Å². The zero-order chi connectivity index (χ0) is 29.9. The fourth-order valence-corrected chi connectivity index (χ4v) is 6.36. The average molecular weight is 684 g/mol. The molecule has 41 heavy (non-hydrogen) atoms. The van der Waals surface area contributed by atoms with Gasteiger partial charge in [0.05, 0.1) is 22.5 Å². The molecule has 3 amide bonds. The van der Waals surface area contributed by atoms with Crippen LogP contribution in [0, 0.1) is 5.82 Å². The minimum Gasteiger partial charge on any atom is -0.490 e. The number of nitrogens with one attached hydrogen (secondary N) is 1. The lowest BCUT2D eigenvalue weighted by Gasteiger charge is -2.15. The number of nitrogens with zero attached hydrogens (tertiary/aromatic N) is 1. The van der Waals surface area contributed by atoms with Gasteiger partial charge in [0, 0.05) is 17.6 Å². The van der Waals surface area contributed by atoms with Crippen molar-refractivity contribution in [3.05, 3.63) is 85.9 Å². The molecule has 214 valence electrons. The molecule has 0 aliphatic carbocycles. The SMILES string of the molecule is CCOc1cc(/C=C2\SC(=O)N(Cc3ccc(F)cc3Cl)C2=O)cc(Br)c1OS(=O)(=O)c1ccc(NC(C)=O)cc1. The lowest BCUT2D eigenvalue weighted by atomic mass is 10.1. The molecule has 0 aromatic heterocycles. The van der Waals surface area contributed by atoms with Gasteiger partial charge in [-0.05, 0) is 100 Å². The number of ether oxygens (including phenoxy) is 1. The van der Waals surface area contributed by atoms with Crippen LogP contribution in [-0.4, -0.2) is 37.0 Å². The molecule has 9 nitrogen and oxygen atoms in total. The zero-order valence-electron chi connectivity index (χ0n) is 21.4. The largest absolute Gasteiger partial charge is 0.490 e. The van der Waals surface area contributed by atoms with Crippen molar-refractivity contribution in [2.45, 2.75) is 25.3 Å². The average Bonchev–Trinajstić information content (AvgIpc) is 3.15. The summed E-state index contributed by atoms with van der Waals surface area (Å²) in [6.07, 6.45) is 1.46. The van der Waals surface area contributed by atoms with Crippen molar-refractivity contribution >= 4 is 78.2 Å².